The van der Waals surface area contributed by atoms with Crippen molar-refractivity contribution in [1.82, 2.24) is 0 Å². The molecule has 0 aliphatic carbocycles. The van der Waals surface area contributed by atoms with Crippen LogP contribution in [0.4, 0.5) is 0 Å². The smallest absolute Gasteiger partial charge is 0.0157 e. The molecule has 16 heavy (non-hydrogen) atoms. The highest BCUT2D eigenvalue weighted by atomic mass is 14.3. The molecule has 0 aliphatic rings. The average Bonchev–Trinajstić information content (AvgIpc) is 2.27. The van der Waals surface area contributed by atoms with E-state index in [-0.39, 0.29) is 0 Å². The zero-order valence-electron chi connectivity index (χ0n) is 11.7. The second-order valence-electron chi connectivity index (χ2n) is 5.78. The fourth-order valence-corrected chi connectivity index (χ4v) is 2.37. The van der Waals surface area contributed by atoms with Gasteiger partial charge in [-0.2, -0.15) is 0 Å². The van der Waals surface area contributed by atoms with E-state index in [0.29, 0.717) is 17.3 Å². The molecule has 90 valence electrons. The summed E-state index contributed by atoms with van der Waals surface area (Å²) < 4.78 is 0. The molecule has 0 radical (unpaired) electrons. The Morgan fingerprint density at radius 1 is 1.12 bits per heavy atom. The van der Waals surface area contributed by atoms with E-state index in [1.54, 1.807) is 0 Å². The lowest BCUT2D eigenvalue weighted by molar-refractivity contribution is 0.193. The van der Waals surface area contributed by atoms with Crippen LogP contribution in [0.2, 0.25) is 0 Å². The zero-order chi connectivity index (χ0) is 12.3. The summed E-state index contributed by atoms with van der Waals surface area (Å²) in [5.74, 6) is 1.34. The van der Waals surface area contributed by atoms with E-state index < -0.39 is 0 Å². The molecule has 0 nitrogen and oxygen atoms in total. The Balaban J connectivity index is 2.95. The average molecular weight is 218 g/mol. The summed E-state index contributed by atoms with van der Waals surface area (Å²) in [4.78, 5) is 0. The van der Waals surface area contributed by atoms with E-state index in [2.05, 4.69) is 65.8 Å². The largest absolute Gasteiger partial charge is 0.0649 e. The first-order valence-electron chi connectivity index (χ1n) is 6.45. The van der Waals surface area contributed by atoms with Crippen LogP contribution < -0.4 is 0 Å². The van der Waals surface area contributed by atoms with Crippen LogP contribution >= 0.6 is 0 Å². The van der Waals surface area contributed by atoms with Crippen molar-refractivity contribution in [1.29, 1.82) is 0 Å². The van der Waals surface area contributed by atoms with Crippen molar-refractivity contribution in [2.75, 3.05) is 0 Å². The van der Waals surface area contributed by atoms with E-state index in [1.165, 1.54) is 17.5 Å². The Labute approximate surface area is 101 Å². The summed E-state index contributed by atoms with van der Waals surface area (Å²) in [5, 5.41) is 0. The second kappa shape index (κ2) is 5.03. The summed E-state index contributed by atoms with van der Waals surface area (Å²) in [6.45, 7) is 14.0. The number of hydrogen-bond donors (Lipinski definition) is 0. The fraction of sp³-hybridized carbons (Fsp3) is 0.625. The van der Waals surface area contributed by atoms with Crippen molar-refractivity contribution < 1.29 is 0 Å². The highest BCUT2D eigenvalue weighted by molar-refractivity contribution is 5.29. The van der Waals surface area contributed by atoms with Crippen LogP contribution in [0, 0.1) is 18.3 Å². The molecule has 0 unspecified atom stereocenters. The van der Waals surface area contributed by atoms with Gasteiger partial charge in [-0.05, 0) is 35.3 Å². The van der Waals surface area contributed by atoms with Crippen molar-refractivity contribution in [2.45, 2.75) is 53.9 Å². The van der Waals surface area contributed by atoms with Crippen LogP contribution in [0.15, 0.2) is 24.3 Å². The Bertz CT molecular complexity index is 336. The van der Waals surface area contributed by atoms with Crippen LogP contribution in [-0.2, 0) is 0 Å². The van der Waals surface area contributed by atoms with Gasteiger partial charge in [0.25, 0.3) is 0 Å². The van der Waals surface area contributed by atoms with Crippen molar-refractivity contribution in [3.05, 3.63) is 35.4 Å². The lowest BCUT2D eigenvalue weighted by Gasteiger charge is -2.36. The molecule has 1 rings (SSSR count). The van der Waals surface area contributed by atoms with Gasteiger partial charge in [-0.3, -0.25) is 0 Å². The third kappa shape index (κ3) is 2.66. The molecule has 0 bridgehead atoms. The van der Waals surface area contributed by atoms with Gasteiger partial charge < -0.3 is 0 Å². The molecular weight excluding hydrogens is 192 g/mol. The molecule has 0 amide bonds. The van der Waals surface area contributed by atoms with Crippen LogP contribution in [0.3, 0.4) is 0 Å². The topological polar surface area (TPSA) is 0 Å². The van der Waals surface area contributed by atoms with Gasteiger partial charge in [0.1, 0.15) is 0 Å². The normalized spacial score (nSPS) is 15.9. The molecule has 0 fully saturated rings. The van der Waals surface area contributed by atoms with E-state index in [1.807, 2.05) is 0 Å². The molecular formula is C16H26. The highest BCUT2D eigenvalue weighted by Gasteiger charge is 2.29. The van der Waals surface area contributed by atoms with E-state index in [9.17, 15) is 0 Å². The minimum atomic E-state index is 0.418. The molecule has 1 aromatic carbocycles. The molecule has 0 saturated carbocycles. The minimum absolute atomic E-state index is 0.418. The molecule has 0 N–H and O–H groups in total. The maximum absolute atomic E-state index is 2.39. The Morgan fingerprint density at radius 3 is 2.19 bits per heavy atom. The molecule has 0 spiro atoms. The summed E-state index contributed by atoms with van der Waals surface area (Å²) in [7, 11) is 0. The molecule has 0 heterocycles. The minimum Gasteiger partial charge on any atom is -0.0649 e. The van der Waals surface area contributed by atoms with Crippen LogP contribution in [0.1, 0.15) is 58.1 Å². The molecule has 0 heteroatoms. The maximum atomic E-state index is 2.39. The van der Waals surface area contributed by atoms with Gasteiger partial charge in [0.2, 0.25) is 0 Å². The Kier molecular flexibility index (Phi) is 4.18. The van der Waals surface area contributed by atoms with Crippen LogP contribution in [0.5, 0.6) is 0 Å². The van der Waals surface area contributed by atoms with E-state index in [0.717, 1.165) is 0 Å². The molecule has 1 aromatic rings. The molecule has 0 aromatic heterocycles. The standard InChI is InChI=1S/C16H26/c1-7-16(5,6)14(4)13(3)15-11-9-8-10-12(15)2/h8-11,13-14H,7H2,1-6H3/t13-,14+/m0/s1. The lowest BCUT2D eigenvalue weighted by atomic mass is 9.69. The third-order valence-corrected chi connectivity index (χ3v) is 4.57. The highest BCUT2D eigenvalue weighted by Crippen LogP contribution is 2.40. The molecule has 0 saturated heterocycles. The van der Waals surface area contributed by atoms with Crippen LogP contribution in [-0.4, -0.2) is 0 Å². The number of rotatable bonds is 4. The second-order valence-corrected chi connectivity index (χ2v) is 5.78. The maximum Gasteiger partial charge on any atom is -0.0157 e. The van der Waals surface area contributed by atoms with Gasteiger partial charge in [-0.25, -0.2) is 0 Å². The zero-order valence-corrected chi connectivity index (χ0v) is 11.7. The quantitative estimate of drug-likeness (QED) is 0.654. The Morgan fingerprint density at radius 2 is 1.69 bits per heavy atom. The lowest BCUT2D eigenvalue weighted by Crippen LogP contribution is -2.25. The van der Waals surface area contributed by atoms with Gasteiger partial charge in [0.05, 0.1) is 0 Å². The summed E-state index contributed by atoms with van der Waals surface area (Å²) in [5.41, 5.74) is 3.35. The fourth-order valence-electron chi connectivity index (χ4n) is 2.37. The number of hydrogen-bond acceptors (Lipinski definition) is 0. The van der Waals surface area contributed by atoms with E-state index in [4.69, 9.17) is 0 Å². The van der Waals surface area contributed by atoms with Gasteiger partial charge in [0, 0.05) is 0 Å². The third-order valence-electron chi connectivity index (χ3n) is 4.57. The van der Waals surface area contributed by atoms with Gasteiger partial charge >= 0.3 is 0 Å². The summed E-state index contributed by atoms with van der Waals surface area (Å²) >= 11 is 0. The first kappa shape index (κ1) is 13.3. The predicted molar refractivity (Wildman–Crippen MR) is 72.8 cm³/mol. The first-order chi connectivity index (χ1) is 7.40. The van der Waals surface area contributed by atoms with Crippen molar-refractivity contribution in [3.63, 3.8) is 0 Å². The summed E-state index contributed by atoms with van der Waals surface area (Å²) in [6, 6.07) is 8.78. The van der Waals surface area contributed by atoms with Crippen molar-refractivity contribution in [3.8, 4) is 0 Å². The number of aryl methyl sites for hydroxylation is 1. The van der Waals surface area contributed by atoms with Gasteiger partial charge in [0.15, 0.2) is 0 Å². The predicted octanol–water partition coefficient (Wildman–Crippen LogP) is 5.17. The van der Waals surface area contributed by atoms with Crippen molar-refractivity contribution >= 4 is 0 Å². The Hall–Kier alpha value is -0.780. The molecule has 2 atom stereocenters. The summed E-state index contributed by atoms with van der Waals surface area (Å²) in [6.07, 6.45) is 1.24. The molecule has 0 aliphatic heterocycles. The van der Waals surface area contributed by atoms with E-state index >= 15 is 0 Å². The van der Waals surface area contributed by atoms with Crippen LogP contribution in [0.25, 0.3) is 0 Å². The SMILES string of the molecule is CCC(C)(C)[C@H](C)[C@H](C)c1ccccc1C. The van der Waals surface area contributed by atoms with Crippen molar-refractivity contribution in [2.24, 2.45) is 11.3 Å². The first-order valence-corrected chi connectivity index (χ1v) is 6.45. The van der Waals surface area contributed by atoms with Gasteiger partial charge in [-0.15, -0.1) is 0 Å². The monoisotopic (exact) mass is 218 g/mol. The number of benzene rings is 1. The van der Waals surface area contributed by atoms with Gasteiger partial charge in [-0.1, -0.05) is 65.3 Å².